The standard InChI is InChI=1S/C6H9OSi2/c8-7-9-6-4-2-1-3-5-6/h1-5,9H,8H3. The Labute approximate surface area is 60.5 Å². The van der Waals surface area contributed by atoms with Gasteiger partial charge >= 0.3 is 0 Å². The van der Waals surface area contributed by atoms with Crippen LogP contribution in [0.4, 0.5) is 0 Å². The Morgan fingerprint density at radius 1 is 1.22 bits per heavy atom. The van der Waals surface area contributed by atoms with Crippen molar-refractivity contribution in [2.24, 2.45) is 0 Å². The zero-order valence-electron chi connectivity index (χ0n) is 5.37. The van der Waals surface area contributed by atoms with Crippen LogP contribution < -0.4 is 5.19 Å². The Morgan fingerprint density at radius 3 is 2.44 bits per heavy atom. The first-order valence-electron chi connectivity index (χ1n) is 2.84. The van der Waals surface area contributed by atoms with E-state index in [9.17, 15) is 0 Å². The van der Waals surface area contributed by atoms with E-state index in [1.807, 2.05) is 18.2 Å². The SMILES string of the molecule is [SiH3]O[SiH]c1ccccc1. The van der Waals surface area contributed by atoms with E-state index in [1.54, 1.807) is 0 Å². The summed E-state index contributed by atoms with van der Waals surface area (Å²) in [4.78, 5) is 0. The molecular weight excluding hydrogens is 144 g/mol. The van der Waals surface area contributed by atoms with Gasteiger partial charge in [-0.3, -0.25) is 0 Å². The number of rotatable bonds is 2. The van der Waals surface area contributed by atoms with Gasteiger partial charge in [0.2, 0.25) is 9.76 Å². The highest BCUT2D eigenvalue weighted by Gasteiger charge is 1.87. The van der Waals surface area contributed by atoms with Gasteiger partial charge in [0.15, 0.2) is 0 Å². The summed E-state index contributed by atoms with van der Waals surface area (Å²) in [5.41, 5.74) is 0. The Balaban J connectivity index is 2.61. The summed E-state index contributed by atoms with van der Waals surface area (Å²) in [5, 5.41) is 1.34. The molecule has 0 heterocycles. The minimum atomic E-state index is 0.105. The highest BCUT2D eigenvalue weighted by Crippen LogP contribution is 1.79. The summed E-state index contributed by atoms with van der Waals surface area (Å²) in [7, 11) is 0.966. The number of benzene rings is 1. The molecule has 0 saturated carbocycles. The predicted molar refractivity (Wildman–Crippen MR) is 44.2 cm³/mol. The smallest absolute Gasteiger partial charge is 0.214 e. The minimum Gasteiger partial charge on any atom is -0.463 e. The molecule has 1 aromatic carbocycles. The van der Waals surface area contributed by atoms with Crippen LogP contribution in [0.15, 0.2) is 30.3 Å². The molecule has 0 spiro atoms. The molecule has 1 nitrogen and oxygen atoms in total. The van der Waals surface area contributed by atoms with Gasteiger partial charge < -0.3 is 4.12 Å². The van der Waals surface area contributed by atoms with Crippen LogP contribution in [0.1, 0.15) is 0 Å². The van der Waals surface area contributed by atoms with Crippen molar-refractivity contribution in [2.45, 2.75) is 0 Å². The van der Waals surface area contributed by atoms with Crippen molar-refractivity contribution in [1.82, 2.24) is 0 Å². The van der Waals surface area contributed by atoms with Crippen molar-refractivity contribution in [1.29, 1.82) is 0 Å². The Morgan fingerprint density at radius 2 is 1.89 bits per heavy atom. The van der Waals surface area contributed by atoms with E-state index in [0.717, 1.165) is 10.5 Å². The number of hydrogen-bond acceptors (Lipinski definition) is 1. The molecule has 47 valence electrons. The van der Waals surface area contributed by atoms with Gasteiger partial charge in [0, 0.05) is 0 Å². The van der Waals surface area contributed by atoms with Crippen LogP contribution in [-0.2, 0) is 4.12 Å². The molecule has 1 aromatic rings. The lowest BCUT2D eigenvalue weighted by Crippen LogP contribution is -2.14. The van der Waals surface area contributed by atoms with Crippen LogP contribution in [0.25, 0.3) is 0 Å². The fourth-order valence-corrected chi connectivity index (χ4v) is 2.14. The van der Waals surface area contributed by atoms with Crippen LogP contribution in [0.2, 0.25) is 0 Å². The Kier molecular flexibility index (Phi) is 2.69. The minimum absolute atomic E-state index is 0.105. The molecule has 3 heteroatoms. The first-order chi connectivity index (χ1) is 4.43. The van der Waals surface area contributed by atoms with Crippen LogP contribution in [0, 0.1) is 0 Å². The second kappa shape index (κ2) is 3.60. The molecule has 1 rings (SSSR count). The molecule has 0 unspecified atom stereocenters. The van der Waals surface area contributed by atoms with Crippen molar-refractivity contribution >= 4 is 25.4 Å². The van der Waals surface area contributed by atoms with Crippen LogP contribution in [0.3, 0.4) is 0 Å². The van der Waals surface area contributed by atoms with Gasteiger partial charge in [-0.25, -0.2) is 0 Å². The predicted octanol–water partition coefficient (Wildman–Crippen LogP) is -1.04. The third-order valence-electron chi connectivity index (χ3n) is 1.05. The Bertz CT molecular complexity index is 164. The topological polar surface area (TPSA) is 9.23 Å². The molecule has 0 amide bonds. The van der Waals surface area contributed by atoms with Gasteiger partial charge in [-0.2, -0.15) is 0 Å². The first-order valence-corrected chi connectivity index (χ1v) is 4.71. The maximum atomic E-state index is 5.15. The lowest BCUT2D eigenvalue weighted by Gasteiger charge is -1.94. The quantitative estimate of drug-likeness (QED) is 0.493. The first kappa shape index (κ1) is 6.73. The van der Waals surface area contributed by atoms with E-state index in [1.165, 1.54) is 5.19 Å². The van der Waals surface area contributed by atoms with E-state index in [-0.39, 0.29) is 9.76 Å². The van der Waals surface area contributed by atoms with Gasteiger partial charge in [-0.05, 0) is 5.19 Å². The second-order valence-corrected chi connectivity index (χ2v) is 4.55. The summed E-state index contributed by atoms with van der Waals surface area (Å²) in [6, 6.07) is 10.3. The third kappa shape index (κ3) is 2.13. The summed E-state index contributed by atoms with van der Waals surface area (Å²) >= 11 is 0. The van der Waals surface area contributed by atoms with Crippen molar-refractivity contribution in [3.63, 3.8) is 0 Å². The monoisotopic (exact) mass is 153 g/mol. The molecule has 0 N–H and O–H groups in total. The van der Waals surface area contributed by atoms with Gasteiger partial charge in [0.1, 0.15) is 10.5 Å². The Hall–Kier alpha value is -0.386. The summed E-state index contributed by atoms with van der Waals surface area (Å²) in [6.07, 6.45) is 0. The van der Waals surface area contributed by atoms with E-state index in [0.29, 0.717) is 0 Å². The molecule has 0 fully saturated rings. The normalized spacial score (nSPS) is 9.78. The summed E-state index contributed by atoms with van der Waals surface area (Å²) in [6.45, 7) is 0. The van der Waals surface area contributed by atoms with E-state index in [4.69, 9.17) is 4.12 Å². The van der Waals surface area contributed by atoms with Crippen molar-refractivity contribution in [3.8, 4) is 0 Å². The van der Waals surface area contributed by atoms with Crippen LogP contribution in [-0.4, -0.2) is 20.2 Å². The lowest BCUT2D eigenvalue weighted by atomic mass is 10.4. The molecule has 0 aliphatic carbocycles. The molecule has 0 aliphatic heterocycles. The maximum Gasteiger partial charge on any atom is 0.214 e. The van der Waals surface area contributed by atoms with E-state index < -0.39 is 0 Å². The molecule has 0 aromatic heterocycles. The van der Waals surface area contributed by atoms with Crippen molar-refractivity contribution < 1.29 is 4.12 Å². The van der Waals surface area contributed by atoms with Crippen LogP contribution >= 0.6 is 0 Å². The number of hydrogen-bond donors (Lipinski definition) is 0. The molecule has 1 radical (unpaired) electrons. The van der Waals surface area contributed by atoms with Gasteiger partial charge in [0.25, 0.3) is 0 Å². The fraction of sp³-hybridized carbons (Fsp3) is 0. The molecule has 9 heavy (non-hydrogen) atoms. The largest absolute Gasteiger partial charge is 0.463 e. The van der Waals surface area contributed by atoms with Crippen LogP contribution in [0.5, 0.6) is 0 Å². The zero-order chi connectivity index (χ0) is 6.53. The van der Waals surface area contributed by atoms with E-state index in [2.05, 4.69) is 12.1 Å². The van der Waals surface area contributed by atoms with Crippen molar-refractivity contribution in [2.75, 3.05) is 0 Å². The molecule has 0 bridgehead atoms. The average Bonchev–Trinajstić information content (AvgIpc) is 1.91. The summed E-state index contributed by atoms with van der Waals surface area (Å²) in [5.74, 6) is 0. The third-order valence-corrected chi connectivity index (χ3v) is 2.65. The molecule has 0 atom stereocenters. The zero-order valence-corrected chi connectivity index (χ0v) is 8.53. The molecule has 0 aliphatic rings. The lowest BCUT2D eigenvalue weighted by molar-refractivity contribution is 0.676. The van der Waals surface area contributed by atoms with Gasteiger partial charge in [-0.1, -0.05) is 30.3 Å². The van der Waals surface area contributed by atoms with Gasteiger partial charge in [-0.15, -0.1) is 0 Å². The average molecular weight is 153 g/mol. The second-order valence-electron chi connectivity index (χ2n) is 1.76. The maximum absolute atomic E-state index is 5.15. The molecular formula is C6H9OSi2. The van der Waals surface area contributed by atoms with E-state index >= 15 is 0 Å². The highest BCUT2D eigenvalue weighted by molar-refractivity contribution is 6.50. The fourth-order valence-electron chi connectivity index (χ4n) is 0.668. The van der Waals surface area contributed by atoms with Gasteiger partial charge in [0.05, 0.1) is 0 Å². The van der Waals surface area contributed by atoms with Crippen molar-refractivity contribution in [3.05, 3.63) is 30.3 Å². The molecule has 0 saturated heterocycles. The summed E-state index contributed by atoms with van der Waals surface area (Å²) < 4.78 is 5.15. The highest BCUT2D eigenvalue weighted by atomic mass is 28.3.